The summed E-state index contributed by atoms with van der Waals surface area (Å²) < 4.78 is 2.09. The maximum absolute atomic E-state index is 5.57. The predicted octanol–water partition coefficient (Wildman–Crippen LogP) is 2.64. The lowest BCUT2D eigenvalue weighted by Gasteiger charge is -2.03. The van der Waals surface area contributed by atoms with Gasteiger partial charge in [0, 0.05) is 17.8 Å². The van der Waals surface area contributed by atoms with Crippen LogP contribution in [0.1, 0.15) is 18.3 Å². The molecule has 1 aromatic rings. The van der Waals surface area contributed by atoms with E-state index in [0.29, 0.717) is 0 Å². The molecule has 1 aromatic heterocycles. The lowest BCUT2D eigenvalue weighted by molar-refractivity contribution is 0.757. The van der Waals surface area contributed by atoms with E-state index in [1.54, 1.807) is 5.54 Å². The first kappa shape index (κ1) is 9.33. The van der Waals surface area contributed by atoms with Crippen molar-refractivity contribution in [3.63, 3.8) is 0 Å². The summed E-state index contributed by atoms with van der Waals surface area (Å²) in [6, 6.07) is 0. The summed E-state index contributed by atoms with van der Waals surface area (Å²) in [6.07, 6.45) is 1.84. The fraction of sp³-hybridized carbons (Fsp3) is 0.444. The molecule has 0 aliphatic rings. The van der Waals surface area contributed by atoms with E-state index in [-0.39, 0.29) is 0 Å². The smallest absolute Gasteiger partial charge is 0.0954 e. The Kier molecular flexibility index (Phi) is 2.93. The van der Waals surface area contributed by atoms with Gasteiger partial charge in [0.2, 0.25) is 0 Å². The molecule has 66 valence electrons. The van der Waals surface area contributed by atoms with Crippen LogP contribution in [-0.2, 0) is 6.54 Å². The van der Waals surface area contributed by atoms with E-state index in [9.17, 15) is 0 Å². The number of hydrogen-bond acceptors (Lipinski definition) is 1. The number of hydrogen-bond donors (Lipinski definition) is 0. The van der Waals surface area contributed by atoms with Gasteiger partial charge in [0.15, 0.2) is 0 Å². The van der Waals surface area contributed by atoms with Crippen LogP contribution in [0.5, 0.6) is 0 Å². The molecule has 0 fully saturated rings. The minimum Gasteiger partial charge on any atom is -0.330 e. The summed E-state index contributed by atoms with van der Waals surface area (Å²) >= 11 is 5.57. The standard InChI is InChI=1S/C9H13ClN2/c1-7(4-10)5-12-6-11-8(2)9(12)3/h4,6H,5H2,1-3H3. The average Bonchev–Trinajstić information content (AvgIpc) is 2.36. The van der Waals surface area contributed by atoms with Gasteiger partial charge in [0.05, 0.1) is 12.0 Å². The van der Waals surface area contributed by atoms with Crippen molar-refractivity contribution in [2.45, 2.75) is 27.3 Å². The molecule has 0 amide bonds. The summed E-state index contributed by atoms with van der Waals surface area (Å²) in [7, 11) is 0. The Bertz CT molecular complexity index is 299. The first-order valence-electron chi connectivity index (χ1n) is 3.89. The molecule has 1 heterocycles. The third-order valence-corrected chi connectivity index (χ3v) is 2.32. The predicted molar refractivity (Wildman–Crippen MR) is 51.3 cm³/mol. The first-order chi connectivity index (χ1) is 5.65. The van der Waals surface area contributed by atoms with Gasteiger partial charge in [0.25, 0.3) is 0 Å². The molecule has 0 spiro atoms. The number of aromatic nitrogens is 2. The van der Waals surface area contributed by atoms with Crippen molar-refractivity contribution < 1.29 is 0 Å². The molecule has 2 nitrogen and oxygen atoms in total. The quantitative estimate of drug-likeness (QED) is 0.691. The van der Waals surface area contributed by atoms with Gasteiger partial charge in [-0.15, -0.1) is 0 Å². The fourth-order valence-electron chi connectivity index (χ4n) is 1.01. The zero-order valence-electron chi connectivity index (χ0n) is 7.63. The van der Waals surface area contributed by atoms with Crippen LogP contribution in [0.15, 0.2) is 17.4 Å². The maximum Gasteiger partial charge on any atom is 0.0954 e. The van der Waals surface area contributed by atoms with Crippen molar-refractivity contribution in [3.05, 3.63) is 28.8 Å². The Morgan fingerprint density at radius 3 is 2.75 bits per heavy atom. The normalized spacial score (nSPS) is 12.2. The number of nitrogens with zero attached hydrogens (tertiary/aromatic N) is 2. The van der Waals surface area contributed by atoms with E-state index in [0.717, 1.165) is 17.8 Å². The molecule has 0 atom stereocenters. The summed E-state index contributed by atoms with van der Waals surface area (Å²) in [5.74, 6) is 0. The van der Waals surface area contributed by atoms with E-state index in [1.165, 1.54) is 5.69 Å². The minimum atomic E-state index is 0.830. The van der Waals surface area contributed by atoms with E-state index in [2.05, 4.69) is 16.5 Å². The lowest BCUT2D eigenvalue weighted by atomic mass is 10.3. The Balaban J connectivity index is 2.83. The van der Waals surface area contributed by atoms with Crippen LogP contribution >= 0.6 is 11.6 Å². The number of allylic oxidation sites excluding steroid dienone is 1. The van der Waals surface area contributed by atoms with Crippen molar-refractivity contribution in [1.29, 1.82) is 0 Å². The van der Waals surface area contributed by atoms with Gasteiger partial charge in [-0.1, -0.05) is 11.6 Å². The molecule has 0 aliphatic carbocycles. The fourth-order valence-corrected chi connectivity index (χ4v) is 1.08. The molecule has 3 heteroatoms. The molecule has 0 unspecified atom stereocenters. The van der Waals surface area contributed by atoms with E-state index < -0.39 is 0 Å². The van der Waals surface area contributed by atoms with E-state index in [1.807, 2.05) is 20.2 Å². The van der Waals surface area contributed by atoms with Crippen LogP contribution in [0.25, 0.3) is 0 Å². The van der Waals surface area contributed by atoms with Crippen molar-refractivity contribution in [3.8, 4) is 0 Å². The monoisotopic (exact) mass is 184 g/mol. The van der Waals surface area contributed by atoms with Gasteiger partial charge in [0.1, 0.15) is 0 Å². The van der Waals surface area contributed by atoms with Gasteiger partial charge in [-0.05, 0) is 26.3 Å². The lowest BCUT2D eigenvalue weighted by Crippen LogP contribution is -1.99. The third kappa shape index (κ3) is 1.89. The van der Waals surface area contributed by atoms with Gasteiger partial charge in [-0.3, -0.25) is 0 Å². The van der Waals surface area contributed by atoms with Crippen LogP contribution in [0.4, 0.5) is 0 Å². The highest BCUT2D eigenvalue weighted by atomic mass is 35.5. The SMILES string of the molecule is CC(=CCl)Cn1cnc(C)c1C. The third-order valence-electron chi connectivity index (χ3n) is 1.95. The van der Waals surface area contributed by atoms with Gasteiger partial charge in [-0.25, -0.2) is 4.98 Å². The van der Waals surface area contributed by atoms with Crippen LogP contribution in [-0.4, -0.2) is 9.55 Å². The van der Waals surface area contributed by atoms with Crippen molar-refractivity contribution >= 4 is 11.6 Å². The maximum atomic E-state index is 5.57. The second-order valence-electron chi connectivity index (χ2n) is 3.00. The Labute approximate surface area is 77.9 Å². The van der Waals surface area contributed by atoms with Gasteiger partial charge >= 0.3 is 0 Å². The molecule has 1 rings (SSSR count). The van der Waals surface area contributed by atoms with Gasteiger partial charge in [-0.2, -0.15) is 0 Å². The van der Waals surface area contributed by atoms with Crippen LogP contribution in [0, 0.1) is 13.8 Å². The molecule has 0 aromatic carbocycles. The summed E-state index contributed by atoms with van der Waals surface area (Å²) in [5, 5.41) is 0. The van der Waals surface area contributed by atoms with Crippen molar-refractivity contribution in [1.82, 2.24) is 9.55 Å². The largest absolute Gasteiger partial charge is 0.330 e. The molecule has 0 N–H and O–H groups in total. The van der Waals surface area contributed by atoms with E-state index in [4.69, 9.17) is 11.6 Å². The van der Waals surface area contributed by atoms with Crippen molar-refractivity contribution in [2.75, 3.05) is 0 Å². The summed E-state index contributed by atoms with van der Waals surface area (Å²) in [5.41, 5.74) is 5.02. The number of aryl methyl sites for hydroxylation is 1. The number of rotatable bonds is 2. The zero-order valence-corrected chi connectivity index (χ0v) is 8.39. The molecule has 12 heavy (non-hydrogen) atoms. The van der Waals surface area contributed by atoms with Crippen molar-refractivity contribution in [2.24, 2.45) is 0 Å². The highest BCUT2D eigenvalue weighted by Gasteiger charge is 2.01. The highest BCUT2D eigenvalue weighted by Crippen LogP contribution is 2.07. The molecule has 0 saturated heterocycles. The second kappa shape index (κ2) is 3.76. The molecule has 0 bridgehead atoms. The first-order valence-corrected chi connectivity index (χ1v) is 4.33. The van der Waals surface area contributed by atoms with Crippen LogP contribution < -0.4 is 0 Å². The zero-order chi connectivity index (χ0) is 9.14. The second-order valence-corrected chi connectivity index (χ2v) is 3.22. The number of halogens is 1. The summed E-state index contributed by atoms with van der Waals surface area (Å²) in [6.45, 7) is 6.90. The Morgan fingerprint density at radius 1 is 1.67 bits per heavy atom. The summed E-state index contributed by atoms with van der Waals surface area (Å²) in [4.78, 5) is 4.20. The number of imidazole rings is 1. The topological polar surface area (TPSA) is 17.8 Å². The van der Waals surface area contributed by atoms with E-state index >= 15 is 0 Å². The molecule has 0 radical (unpaired) electrons. The highest BCUT2D eigenvalue weighted by molar-refractivity contribution is 6.25. The van der Waals surface area contributed by atoms with Crippen LogP contribution in [0.2, 0.25) is 0 Å². The molecular weight excluding hydrogens is 172 g/mol. The van der Waals surface area contributed by atoms with Gasteiger partial charge < -0.3 is 4.57 Å². The molecular formula is C9H13ClN2. The molecule has 0 saturated carbocycles. The Hall–Kier alpha value is -0.760. The Morgan fingerprint density at radius 2 is 2.33 bits per heavy atom. The molecule has 0 aliphatic heterocycles. The minimum absolute atomic E-state index is 0.830. The average molecular weight is 185 g/mol. The van der Waals surface area contributed by atoms with Crippen LogP contribution in [0.3, 0.4) is 0 Å².